The van der Waals surface area contributed by atoms with E-state index < -0.39 is 0 Å². The van der Waals surface area contributed by atoms with Crippen LogP contribution < -0.4 is 0 Å². The van der Waals surface area contributed by atoms with Crippen LogP contribution in [0.1, 0.15) is 63.2 Å². The average Bonchev–Trinajstić information content (AvgIpc) is 3.17. The van der Waals surface area contributed by atoms with Gasteiger partial charge in [-0.1, -0.05) is 111 Å². The van der Waals surface area contributed by atoms with Crippen LogP contribution in [-0.2, 0) is 5.41 Å². The molecule has 0 N–H and O–H groups in total. The summed E-state index contributed by atoms with van der Waals surface area (Å²) in [5.74, 6) is 0.517. The molecule has 50 heavy (non-hydrogen) atoms. The maximum Gasteiger partial charge on any atom is 0.0893 e. The molecule has 0 saturated heterocycles. The van der Waals surface area contributed by atoms with Crippen LogP contribution in [0, 0.1) is 5.92 Å². The molecule has 246 valence electrons. The molecule has 0 aliphatic heterocycles. The van der Waals surface area contributed by atoms with Crippen LogP contribution in [0.3, 0.4) is 0 Å². The van der Waals surface area contributed by atoms with Crippen molar-refractivity contribution in [3.8, 4) is 34.0 Å². The van der Waals surface area contributed by atoms with Gasteiger partial charge in [0.05, 0.1) is 45.6 Å². The van der Waals surface area contributed by atoms with Gasteiger partial charge < -0.3 is 0 Å². The van der Waals surface area contributed by atoms with Gasteiger partial charge in [-0.3, -0.25) is 4.98 Å². The van der Waals surface area contributed by atoms with Crippen LogP contribution >= 0.6 is 0 Å². The molecule has 7 rings (SSSR count). The van der Waals surface area contributed by atoms with Crippen molar-refractivity contribution in [2.45, 2.75) is 46.0 Å². The molecule has 0 fully saturated rings. The zero-order chi connectivity index (χ0) is 34.5. The average molecular weight is 651 g/mol. The smallest absolute Gasteiger partial charge is 0.0893 e. The van der Waals surface area contributed by atoms with Crippen molar-refractivity contribution in [1.82, 2.24) is 19.9 Å². The van der Waals surface area contributed by atoms with Gasteiger partial charge in [-0.15, -0.1) is 0 Å². The van der Waals surface area contributed by atoms with E-state index in [0.29, 0.717) is 5.92 Å². The van der Waals surface area contributed by atoms with Gasteiger partial charge in [0, 0.05) is 11.0 Å². The molecule has 2 aliphatic carbocycles. The first-order valence-corrected chi connectivity index (χ1v) is 17.4. The summed E-state index contributed by atoms with van der Waals surface area (Å²) in [4.78, 5) is 20.2. The molecular formula is C46H42N4. The number of rotatable bonds is 8. The largest absolute Gasteiger partial charge is 0.250 e. The third-order valence-electron chi connectivity index (χ3n) is 9.51. The maximum atomic E-state index is 5.18. The molecule has 0 spiro atoms. The minimum Gasteiger partial charge on any atom is -0.250 e. The molecule has 0 radical (unpaired) electrons. The first-order chi connectivity index (χ1) is 24.4. The van der Waals surface area contributed by atoms with Gasteiger partial charge in [-0.05, 0) is 109 Å². The number of pyridine rings is 4. The van der Waals surface area contributed by atoms with E-state index in [1.54, 1.807) is 0 Å². The van der Waals surface area contributed by atoms with Gasteiger partial charge in [-0.2, -0.15) is 0 Å². The molecule has 4 heterocycles. The fourth-order valence-electron chi connectivity index (χ4n) is 6.69. The van der Waals surface area contributed by atoms with Crippen molar-refractivity contribution < 1.29 is 0 Å². The van der Waals surface area contributed by atoms with Crippen molar-refractivity contribution in [3.05, 3.63) is 174 Å². The van der Waals surface area contributed by atoms with Crippen molar-refractivity contribution in [3.63, 3.8) is 0 Å². The van der Waals surface area contributed by atoms with Gasteiger partial charge in [-0.25, -0.2) is 15.0 Å². The lowest BCUT2D eigenvalue weighted by molar-refractivity contribution is 0.588. The lowest BCUT2D eigenvalue weighted by atomic mass is 9.75. The highest BCUT2D eigenvalue weighted by Gasteiger charge is 2.29. The summed E-state index contributed by atoms with van der Waals surface area (Å²) in [5.41, 5.74) is 13.1. The zero-order valence-electron chi connectivity index (χ0n) is 29.2. The number of hydrogen-bond acceptors (Lipinski definition) is 4. The van der Waals surface area contributed by atoms with Gasteiger partial charge in [0.15, 0.2) is 0 Å². The predicted octanol–water partition coefficient (Wildman–Crippen LogP) is 11.5. The highest BCUT2D eigenvalue weighted by molar-refractivity contribution is 5.76. The lowest BCUT2D eigenvalue weighted by Gasteiger charge is -2.30. The van der Waals surface area contributed by atoms with Crippen LogP contribution in [0.4, 0.5) is 0 Å². The number of nitrogens with zero attached hydrogens (tertiary/aromatic N) is 4. The SMILES string of the molecule is C/C=C\C=C(/C)c1cccc(-c2cccc(C3(C)C=CC=C(c4cccc(-c5cccc(-c6cccc(C7=CC=CC(C)C7)n6)n5)c4)C3)n2)n1. The Morgan fingerprint density at radius 2 is 1.30 bits per heavy atom. The molecule has 4 nitrogen and oxygen atoms in total. The van der Waals surface area contributed by atoms with E-state index in [2.05, 4.69) is 136 Å². The molecule has 5 aromatic rings. The fourth-order valence-corrected chi connectivity index (χ4v) is 6.69. The quantitative estimate of drug-likeness (QED) is 0.157. The second-order valence-electron chi connectivity index (χ2n) is 13.5. The molecule has 0 bridgehead atoms. The van der Waals surface area contributed by atoms with Crippen molar-refractivity contribution >= 4 is 16.7 Å². The molecule has 2 unspecified atom stereocenters. The van der Waals surface area contributed by atoms with E-state index in [0.717, 1.165) is 69.5 Å². The van der Waals surface area contributed by atoms with Crippen LogP contribution in [0.15, 0.2) is 152 Å². The van der Waals surface area contributed by atoms with Crippen LogP contribution in [0.2, 0.25) is 0 Å². The normalized spacial score (nSPS) is 19.0. The minimum atomic E-state index is -0.272. The Morgan fingerprint density at radius 1 is 0.680 bits per heavy atom. The van der Waals surface area contributed by atoms with Crippen LogP contribution in [-0.4, -0.2) is 19.9 Å². The molecule has 4 heteroatoms. The Hall–Kier alpha value is -5.74. The summed E-state index contributed by atoms with van der Waals surface area (Å²) in [5, 5.41) is 0. The standard InChI is InChI=1S/C46H42N4/c1-5-6-15-33(3)38-20-9-23-43(47-38)44-26-12-27-45(50-44)46(4)28-13-19-37(31-46)34-16-8-18-36(30-34)40-22-11-25-42(49-40)41-24-10-21-39(48-41)35-17-7-14-32(2)29-35/h5-28,30,32H,29,31H2,1-4H3/b6-5-,33-15+. The van der Waals surface area contributed by atoms with E-state index >= 15 is 0 Å². The topological polar surface area (TPSA) is 51.6 Å². The number of aromatic nitrogens is 4. The van der Waals surface area contributed by atoms with E-state index in [4.69, 9.17) is 19.9 Å². The summed E-state index contributed by atoms with van der Waals surface area (Å²) < 4.78 is 0. The van der Waals surface area contributed by atoms with Crippen LogP contribution in [0.25, 0.3) is 50.8 Å². The summed E-state index contributed by atoms with van der Waals surface area (Å²) in [6, 6.07) is 33.6. The number of benzene rings is 1. The predicted molar refractivity (Wildman–Crippen MR) is 209 cm³/mol. The Kier molecular flexibility index (Phi) is 9.44. The second-order valence-corrected chi connectivity index (χ2v) is 13.5. The third-order valence-corrected chi connectivity index (χ3v) is 9.51. The van der Waals surface area contributed by atoms with Crippen molar-refractivity contribution in [1.29, 1.82) is 0 Å². The number of hydrogen-bond donors (Lipinski definition) is 0. The maximum absolute atomic E-state index is 5.18. The van der Waals surface area contributed by atoms with Crippen molar-refractivity contribution in [2.24, 2.45) is 5.92 Å². The lowest BCUT2D eigenvalue weighted by Crippen LogP contribution is -2.23. The van der Waals surface area contributed by atoms with Crippen molar-refractivity contribution in [2.75, 3.05) is 0 Å². The monoisotopic (exact) mass is 650 g/mol. The van der Waals surface area contributed by atoms with Crippen LogP contribution in [0.5, 0.6) is 0 Å². The minimum absolute atomic E-state index is 0.272. The molecule has 0 saturated carbocycles. The first-order valence-electron chi connectivity index (χ1n) is 17.4. The van der Waals surface area contributed by atoms with Gasteiger partial charge in [0.25, 0.3) is 0 Å². The van der Waals surface area contributed by atoms with E-state index in [1.807, 2.05) is 43.3 Å². The zero-order valence-corrected chi connectivity index (χ0v) is 29.2. The first kappa shape index (κ1) is 32.8. The fraction of sp³-hybridized carbons (Fsp3) is 0.174. The summed E-state index contributed by atoms with van der Waals surface area (Å²) >= 11 is 0. The highest BCUT2D eigenvalue weighted by atomic mass is 14.8. The molecule has 2 aliphatic rings. The summed E-state index contributed by atoms with van der Waals surface area (Å²) in [6.45, 7) is 8.62. The summed E-state index contributed by atoms with van der Waals surface area (Å²) in [6.07, 6.45) is 21.2. The van der Waals surface area contributed by atoms with Gasteiger partial charge >= 0.3 is 0 Å². The molecule has 2 atom stereocenters. The second kappa shape index (κ2) is 14.4. The Morgan fingerprint density at radius 3 is 2.08 bits per heavy atom. The Labute approximate surface area is 296 Å². The third kappa shape index (κ3) is 7.16. The van der Waals surface area contributed by atoms with E-state index in [-0.39, 0.29) is 5.41 Å². The van der Waals surface area contributed by atoms with Gasteiger partial charge in [0.2, 0.25) is 0 Å². The highest BCUT2D eigenvalue weighted by Crippen LogP contribution is 2.39. The Balaban J connectivity index is 1.13. The molecule has 0 amide bonds. The van der Waals surface area contributed by atoms with E-state index in [9.17, 15) is 0 Å². The summed E-state index contributed by atoms with van der Waals surface area (Å²) in [7, 11) is 0. The Bertz CT molecular complexity index is 2230. The van der Waals surface area contributed by atoms with Gasteiger partial charge in [0.1, 0.15) is 0 Å². The molecule has 1 aromatic carbocycles. The molecule has 4 aromatic heterocycles. The molecular weight excluding hydrogens is 609 g/mol. The number of allylic oxidation sites excluding steroid dienone is 12. The van der Waals surface area contributed by atoms with E-state index in [1.165, 1.54) is 16.7 Å².